The lowest BCUT2D eigenvalue weighted by Crippen LogP contribution is -2.57. The van der Waals surface area contributed by atoms with Crippen LogP contribution in [0.2, 0.25) is 0 Å². The topological polar surface area (TPSA) is 79.4 Å². The monoisotopic (exact) mass is 557 g/mol. The lowest BCUT2D eigenvalue weighted by atomic mass is 9.71. The van der Waals surface area contributed by atoms with Crippen LogP contribution in [0.4, 0.5) is 0 Å². The zero-order valence-corrected chi connectivity index (χ0v) is 24.4. The first-order valence-electron chi connectivity index (χ1n) is 14.1. The first kappa shape index (κ1) is 29.3. The molecule has 214 valence electrons. The summed E-state index contributed by atoms with van der Waals surface area (Å²) in [7, 11) is 5.68. The minimum Gasteiger partial charge on any atom is -0.878 e. The summed E-state index contributed by atoms with van der Waals surface area (Å²) in [6.07, 6.45) is 5.87. The van der Waals surface area contributed by atoms with E-state index < -0.39 is 0 Å². The Morgan fingerprint density at radius 1 is 1.18 bits per heavy atom. The van der Waals surface area contributed by atoms with Crippen molar-refractivity contribution >= 4 is 23.4 Å². The summed E-state index contributed by atoms with van der Waals surface area (Å²) in [5.74, 6) is 1.13. The molecule has 2 heterocycles. The summed E-state index contributed by atoms with van der Waals surface area (Å²) in [6.45, 7) is 5.97. The molecule has 1 aromatic carbocycles. The van der Waals surface area contributed by atoms with Crippen LogP contribution in [0.5, 0.6) is 5.75 Å². The third kappa shape index (κ3) is 6.55. The molecule has 3 unspecified atom stereocenters. The first-order chi connectivity index (χ1) is 18.7. The van der Waals surface area contributed by atoms with E-state index in [2.05, 4.69) is 16.7 Å². The second-order valence-electron chi connectivity index (χ2n) is 11.2. The van der Waals surface area contributed by atoms with E-state index in [1.54, 1.807) is 31.4 Å². The molecular weight excluding hydrogens is 516 g/mol. The number of fused-ring (bicyclic) bond motifs is 1. The molecule has 1 aromatic rings. The molecule has 3 aliphatic rings. The summed E-state index contributed by atoms with van der Waals surface area (Å²) in [6, 6.07) is 7.27. The molecule has 0 N–H and O–H groups in total. The van der Waals surface area contributed by atoms with Gasteiger partial charge in [0.2, 0.25) is 0 Å². The molecular formula is C30H42ClN4O4-. The van der Waals surface area contributed by atoms with Gasteiger partial charge >= 0.3 is 0 Å². The maximum Gasteiger partial charge on any atom is 0.255 e. The summed E-state index contributed by atoms with van der Waals surface area (Å²) >= 11 is 6.60. The Kier molecular flexibility index (Phi) is 9.83. The highest BCUT2D eigenvalue weighted by Gasteiger charge is 2.46. The number of ether oxygens (including phenoxy) is 1. The van der Waals surface area contributed by atoms with Gasteiger partial charge in [-0.25, -0.2) is 0 Å². The smallest absolute Gasteiger partial charge is 0.255 e. The van der Waals surface area contributed by atoms with Gasteiger partial charge in [-0.2, -0.15) is 0 Å². The first-order valence-corrected chi connectivity index (χ1v) is 14.5. The highest BCUT2D eigenvalue weighted by molar-refractivity contribution is 6.20. The summed E-state index contributed by atoms with van der Waals surface area (Å²) in [5.41, 5.74) is 2.11. The molecule has 2 amide bonds. The number of hydrogen-bond donors (Lipinski definition) is 0. The predicted molar refractivity (Wildman–Crippen MR) is 151 cm³/mol. The van der Waals surface area contributed by atoms with Gasteiger partial charge in [0.25, 0.3) is 11.8 Å². The Labute approximate surface area is 237 Å². The van der Waals surface area contributed by atoms with E-state index in [1.807, 2.05) is 23.9 Å². The number of piperazine rings is 1. The molecule has 1 aliphatic carbocycles. The van der Waals surface area contributed by atoms with Crippen molar-refractivity contribution in [3.05, 3.63) is 53.4 Å². The molecule has 0 bridgehead atoms. The summed E-state index contributed by atoms with van der Waals surface area (Å²) in [4.78, 5) is 35.3. The Morgan fingerprint density at radius 2 is 1.87 bits per heavy atom. The number of carbonyl (C=O) groups excluding carboxylic acids is 2. The zero-order chi connectivity index (χ0) is 28.1. The van der Waals surface area contributed by atoms with E-state index in [0.29, 0.717) is 55.5 Å². The van der Waals surface area contributed by atoms with Crippen molar-refractivity contribution in [2.45, 2.75) is 44.0 Å². The van der Waals surface area contributed by atoms with Crippen molar-refractivity contribution < 1.29 is 19.4 Å². The van der Waals surface area contributed by atoms with E-state index in [0.717, 1.165) is 44.2 Å². The Balaban J connectivity index is 1.58. The number of carbonyl (C=O) groups is 2. The fourth-order valence-electron chi connectivity index (χ4n) is 6.41. The van der Waals surface area contributed by atoms with Crippen molar-refractivity contribution in [1.29, 1.82) is 0 Å². The fourth-order valence-corrected chi connectivity index (χ4v) is 6.64. The Hall–Kier alpha value is -2.71. The van der Waals surface area contributed by atoms with E-state index in [-0.39, 0.29) is 29.2 Å². The van der Waals surface area contributed by atoms with Gasteiger partial charge in [0.15, 0.2) is 0 Å². The average Bonchev–Trinajstić information content (AvgIpc) is 2.94. The van der Waals surface area contributed by atoms with E-state index in [1.165, 1.54) is 6.08 Å². The maximum absolute atomic E-state index is 13.9. The maximum atomic E-state index is 13.9. The second-order valence-corrected chi connectivity index (χ2v) is 11.9. The van der Waals surface area contributed by atoms with Crippen LogP contribution in [0.1, 0.15) is 43.0 Å². The number of alkyl halides is 1. The van der Waals surface area contributed by atoms with Crippen molar-refractivity contribution in [3.63, 3.8) is 0 Å². The molecule has 9 heteroatoms. The number of amides is 2. The number of rotatable bonds is 9. The standard InChI is InChI=1S/C30H43ClN4O4/c1-21(31)23-8-11-27-26(20-23)28(25(12-19-36)30(38)35(27)14-5-13-32(2)3)33-15-17-34(18-16-33)29(37)22-6-9-24(39-4)10-7-22/h6-7,9-10,12,19,21,23,26-27,36H,5,8,11,13-18,20H2,1-4H3/p-1/b19-12+/t21?,23-,26?,27?/m0/s1. The number of nitrogens with zero attached hydrogens (tertiary/aromatic N) is 4. The van der Waals surface area contributed by atoms with Crippen molar-refractivity contribution in [3.8, 4) is 5.75 Å². The van der Waals surface area contributed by atoms with Crippen LogP contribution in [0, 0.1) is 11.8 Å². The summed E-state index contributed by atoms with van der Waals surface area (Å²) in [5, 5.41) is 11.8. The van der Waals surface area contributed by atoms with Crippen LogP contribution in [-0.4, -0.2) is 103 Å². The van der Waals surface area contributed by atoms with Gasteiger partial charge in [-0.15, -0.1) is 17.9 Å². The number of benzene rings is 1. The minimum absolute atomic E-state index is 0.00989. The van der Waals surface area contributed by atoms with Gasteiger partial charge in [-0.3, -0.25) is 9.59 Å². The van der Waals surface area contributed by atoms with Crippen LogP contribution in [-0.2, 0) is 4.79 Å². The number of methoxy groups -OCH3 is 1. The molecule has 0 spiro atoms. The van der Waals surface area contributed by atoms with Crippen molar-refractivity contribution in [1.82, 2.24) is 19.6 Å². The quantitative estimate of drug-likeness (QED) is 0.343. The molecule has 4 atom stereocenters. The Morgan fingerprint density at radius 3 is 2.46 bits per heavy atom. The van der Waals surface area contributed by atoms with Gasteiger partial charge < -0.3 is 29.4 Å². The van der Waals surface area contributed by atoms with Crippen LogP contribution in [0.3, 0.4) is 0 Å². The van der Waals surface area contributed by atoms with Crippen LogP contribution >= 0.6 is 11.6 Å². The second kappa shape index (κ2) is 13.1. The number of halogens is 1. The molecule has 0 aromatic heterocycles. The molecule has 1 saturated carbocycles. The highest BCUT2D eigenvalue weighted by Crippen LogP contribution is 2.45. The molecule has 2 fully saturated rings. The lowest BCUT2D eigenvalue weighted by molar-refractivity contribution is -0.274. The van der Waals surface area contributed by atoms with Crippen LogP contribution < -0.4 is 9.84 Å². The molecule has 0 radical (unpaired) electrons. The normalized spacial score (nSPS) is 24.9. The largest absolute Gasteiger partial charge is 0.878 e. The van der Waals surface area contributed by atoms with Gasteiger partial charge in [0.1, 0.15) is 5.75 Å². The summed E-state index contributed by atoms with van der Waals surface area (Å²) < 4.78 is 5.21. The zero-order valence-electron chi connectivity index (χ0n) is 23.6. The van der Waals surface area contributed by atoms with Crippen LogP contribution in [0.25, 0.3) is 0 Å². The van der Waals surface area contributed by atoms with Crippen LogP contribution in [0.15, 0.2) is 47.9 Å². The van der Waals surface area contributed by atoms with Gasteiger partial charge in [-0.1, -0.05) is 6.08 Å². The molecule has 2 aliphatic heterocycles. The third-order valence-corrected chi connectivity index (χ3v) is 8.86. The van der Waals surface area contributed by atoms with E-state index >= 15 is 0 Å². The predicted octanol–water partition coefficient (Wildman–Crippen LogP) is 2.79. The van der Waals surface area contributed by atoms with Crippen molar-refractivity contribution in [2.24, 2.45) is 11.8 Å². The highest BCUT2D eigenvalue weighted by atomic mass is 35.5. The van der Waals surface area contributed by atoms with Gasteiger partial charge in [0, 0.05) is 61.3 Å². The van der Waals surface area contributed by atoms with Gasteiger partial charge in [0.05, 0.1) is 12.7 Å². The molecule has 1 saturated heterocycles. The van der Waals surface area contributed by atoms with Crippen molar-refractivity contribution in [2.75, 3.05) is 60.5 Å². The average molecular weight is 558 g/mol. The third-order valence-electron chi connectivity index (χ3n) is 8.51. The fraction of sp³-hybridized carbons (Fsp3) is 0.600. The number of hydrogen-bond acceptors (Lipinski definition) is 6. The molecule has 39 heavy (non-hydrogen) atoms. The van der Waals surface area contributed by atoms with E-state index in [4.69, 9.17) is 16.3 Å². The van der Waals surface area contributed by atoms with E-state index in [9.17, 15) is 14.7 Å². The Bertz CT molecular complexity index is 1060. The molecule has 4 rings (SSSR count). The SMILES string of the molecule is COc1ccc(C(=O)N2CCN(C3=C(/C=C/[O-])C(=O)N(CCCN(C)C)C4CC[C@H](C(C)Cl)CC34)CC2)cc1. The molecule has 8 nitrogen and oxygen atoms in total. The van der Waals surface area contributed by atoms with Gasteiger partial charge in [-0.05, 0) is 83.4 Å². The minimum atomic E-state index is -0.0498. The lowest BCUT2D eigenvalue weighted by Gasteiger charge is -2.51.